The van der Waals surface area contributed by atoms with Gasteiger partial charge in [-0.3, -0.25) is 4.57 Å². The van der Waals surface area contributed by atoms with Crippen molar-refractivity contribution in [2.75, 3.05) is 31.3 Å². The summed E-state index contributed by atoms with van der Waals surface area (Å²) in [7, 11) is -2.34. The number of aromatic nitrogens is 2. The average molecular weight is 351 g/mol. The molecule has 24 heavy (non-hydrogen) atoms. The van der Waals surface area contributed by atoms with Gasteiger partial charge in [0, 0.05) is 18.5 Å². The smallest absolute Gasteiger partial charge is 0.325 e. The second-order valence-electron chi connectivity index (χ2n) is 6.18. The van der Waals surface area contributed by atoms with Gasteiger partial charge in [-0.25, -0.2) is 9.97 Å². The van der Waals surface area contributed by atoms with E-state index in [1.807, 2.05) is 18.2 Å². The fourth-order valence-corrected chi connectivity index (χ4v) is 4.40. The van der Waals surface area contributed by atoms with E-state index in [4.69, 9.17) is 4.74 Å². The van der Waals surface area contributed by atoms with Crippen LogP contribution in [-0.2, 0) is 4.57 Å². The van der Waals surface area contributed by atoms with E-state index in [1.165, 1.54) is 6.33 Å². The van der Waals surface area contributed by atoms with Crippen LogP contribution in [0.25, 0.3) is 10.9 Å². The summed E-state index contributed by atoms with van der Waals surface area (Å²) in [6.45, 7) is 1.55. The molecule has 2 heterocycles. The topological polar surface area (TPSA) is 95.8 Å². The van der Waals surface area contributed by atoms with Gasteiger partial charge in [-0.1, -0.05) is 6.07 Å². The van der Waals surface area contributed by atoms with Gasteiger partial charge in [-0.2, -0.15) is 0 Å². The lowest BCUT2D eigenvalue weighted by Crippen LogP contribution is -2.25. The third-order valence-electron chi connectivity index (χ3n) is 4.47. The molecule has 0 spiro atoms. The molecular formula is C16H22N3O4P. The molecule has 0 bridgehead atoms. The van der Waals surface area contributed by atoms with Crippen LogP contribution in [-0.4, -0.2) is 46.1 Å². The standard InChI is InChI=1S/C16H22N3O4P/c1-23-14-6-2-5-13-15(14)17-11-18-16(13)19-8-3-4-12(7-9-19)10-24(20,21)22/h2,5-6,11-12H,3-4,7-10H2,1H3,(H2,20,21,22). The fraction of sp³-hybridized carbons (Fsp3) is 0.500. The van der Waals surface area contributed by atoms with Gasteiger partial charge < -0.3 is 19.4 Å². The molecule has 1 aliphatic heterocycles. The van der Waals surface area contributed by atoms with Crippen molar-refractivity contribution in [1.29, 1.82) is 0 Å². The Bertz CT molecular complexity index is 764. The van der Waals surface area contributed by atoms with Crippen LogP contribution in [0, 0.1) is 5.92 Å². The lowest BCUT2D eigenvalue weighted by atomic mass is 10.0. The molecule has 0 aliphatic carbocycles. The molecule has 8 heteroatoms. The molecule has 1 aliphatic rings. The minimum absolute atomic E-state index is 0.0286. The maximum Gasteiger partial charge on any atom is 0.325 e. The first-order chi connectivity index (χ1) is 11.5. The summed E-state index contributed by atoms with van der Waals surface area (Å²) in [4.78, 5) is 29.4. The van der Waals surface area contributed by atoms with Crippen LogP contribution in [0.4, 0.5) is 5.82 Å². The summed E-state index contributed by atoms with van der Waals surface area (Å²) < 4.78 is 16.6. The number of rotatable bonds is 4. The maximum absolute atomic E-state index is 11.3. The Morgan fingerprint density at radius 1 is 1.29 bits per heavy atom. The van der Waals surface area contributed by atoms with Crippen LogP contribution in [0.5, 0.6) is 5.75 Å². The molecular weight excluding hydrogens is 329 g/mol. The van der Waals surface area contributed by atoms with Crippen molar-refractivity contribution in [2.45, 2.75) is 19.3 Å². The third kappa shape index (κ3) is 3.86. The Morgan fingerprint density at radius 3 is 2.88 bits per heavy atom. The second-order valence-corrected chi connectivity index (χ2v) is 7.88. The zero-order chi connectivity index (χ0) is 17.2. The van der Waals surface area contributed by atoms with E-state index in [1.54, 1.807) is 7.11 Å². The molecule has 1 saturated heterocycles. The van der Waals surface area contributed by atoms with Crippen molar-refractivity contribution in [3.63, 3.8) is 0 Å². The Kier molecular flexibility index (Phi) is 5.04. The van der Waals surface area contributed by atoms with Gasteiger partial charge in [0.05, 0.1) is 13.3 Å². The first-order valence-electron chi connectivity index (χ1n) is 8.05. The molecule has 0 saturated carbocycles. The Balaban J connectivity index is 1.85. The molecule has 2 aromatic rings. The average Bonchev–Trinajstić information content (AvgIpc) is 2.77. The van der Waals surface area contributed by atoms with Gasteiger partial charge in [-0.05, 0) is 37.3 Å². The summed E-state index contributed by atoms with van der Waals surface area (Å²) >= 11 is 0. The molecule has 1 aromatic carbocycles. The SMILES string of the molecule is COc1cccc2c(N3CCCC(CP(=O)(O)O)CC3)ncnc12. The van der Waals surface area contributed by atoms with Gasteiger partial charge >= 0.3 is 7.60 Å². The van der Waals surface area contributed by atoms with E-state index < -0.39 is 7.60 Å². The molecule has 1 unspecified atom stereocenters. The second kappa shape index (κ2) is 7.05. The zero-order valence-electron chi connectivity index (χ0n) is 13.6. The molecule has 0 amide bonds. The number of methoxy groups -OCH3 is 1. The van der Waals surface area contributed by atoms with Crippen LogP contribution in [0.1, 0.15) is 19.3 Å². The van der Waals surface area contributed by atoms with Crippen molar-refractivity contribution >= 4 is 24.3 Å². The highest BCUT2D eigenvalue weighted by atomic mass is 31.2. The number of ether oxygens (including phenoxy) is 1. The van der Waals surface area contributed by atoms with Crippen LogP contribution in [0.2, 0.25) is 0 Å². The lowest BCUT2D eigenvalue weighted by Gasteiger charge is -2.23. The predicted molar refractivity (Wildman–Crippen MR) is 92.6 cm³/mol. The maximum atomic E-state index is 11.3. The lowest BCUT2D eigenvalue weighted by molar-refractivity contribution is 0.356. The largest absolute Gasteiger partial charge is 0.494 e. The highest BCUT2D eigenvalue weighted by molar-refractivity contribution is 7.51. The van der Waals surface area contributed by atoms with Gasteiger partial charge in [0.15, 0.2) is 0 Å². The van der Waals surface area contributed by atoms with Crippen LogP contribution >= 0.6 is 7.60 Å². The van der Waals surface area contributed by atoms with Crippen molar-refractivity contribution in [3.8, 4) is 5.75 Å². The number of benzene rings is 1. The van der Waals surface area contributed by atoms with Gasteiger partial charge in [0.25, 0.3) is 0 Å². The van der Waals surface area contributed by atoms with E-state index in [0.717, 1.165) is 49.1 Å². The molecule has 130 valence electrons. The highest BCUT2D eigenvalue weighted by Gasteiger charge is 2.25. The minimum Gasteiger partial charge on any atom is -0.494 e. The van der Waals surface area contributed by atoms with Crippen molar-refractivity contribution in [1.82, 2.24) is 9.97 Å². The van der Waals surface area contributed by atoms with Gasteiger partial charge in [0.1, 0.15) is 23.4 Å². The summed E-state index contributed by atoms with van der Waals surface area (Å²) in [5, 5.41) is 0.935. The van der Waals surface area contributed by atoms with Crippen molar-refractivity contribution < 1.29 is 19.1 Å². The normalized spacial score (nSPS) is 19.3. The third-order valence-corrected chi connectivity index (χ3v) is 5.46. The Labute approximate surface area is 140 Å². The van der Waals surface area contributed by atoms with Crippen LogP contribution < -0.4 is 9.64 Å². The molecule has 7 nitrogen and oxygen atoms in total. The van der Waals surface area contributed by atoms with Crippen LogP contribution in [0.15, 0.2) is 24.5 Å². The number of hydrogen-bond acceptors (Lipinski definition) is 5. The number of fused-ring (bicyclic) bond motifs is 1. The van der Waals surface area contributed by atoms with Crippen LogP contribution in [0.3, 0.4) is 0 Å². The molecule has 1 fully saturated rings. The van der Waals surface area contributed by atoms with E-state index >= 15 is 0 Å². The number of para-hydroxylation sites is 1. The first-order valence-corrected chi connectivity index (χ1v) is 9.85. The first kappa shape index (κ1) is 17.1. The Morgan fingerprint density at radius 2 is 2.12 bits per heavy atom. The Hall–Kier alpha value is -1.69. The van der Waals surface area contributed by atoms with E-state index in [9.17, 15) is 14.4 Å². The van der Waals surface area contributed by atoms with Crippen molar-refractivity contribution in [3.05, 3.63) is 24.5 Å². The highest BCUT2D eigenvalue weighted by Crippen LogP contribution is 2.40. The quantitative estimate of drug-likeness (QED) is 0.817. The monoisotopic (exact) mass is 351 g/mol. The molecule has 3 rings (SSSR count). The summed E-state index contributed by atoms with van der Waals surface area (Å²) in [6.07, 6.45) is 3.98. The van der Waals surface area contributed by atoms with E-state index in [2.05, 4.69) is 14.9 Å². The summed E-state index contributed by atoms with van der Waals surface area (Å²) in [5.74, 6) is 1.62. The molecule has 1 aromatic heterocycles. The number of nitrogens with zero attached hydrogens (tertiary/aromatic N) is 3. The van der Waals surface area contributed by atoms with E-state index in [0.29, 0.717) is 5.75 Å². The summed E-state index contributed by atoms with van der Waals surface area (Å²) in [6, 6.07) is 5.77. The van der Waals surface area contributed by atoms with Crippen molar-refractivity contribution in [2.24, 2.45) is 5.92 Å². The molecule has 0 radical (unpaired) electrons. The molecule has 1 atom stereocenters. The predicted octanol–water partition coefficient (Wildman–Crippen LogP) is 2.42. The molecule has 2 N–H and O–H groups in total. The zero-order valence-corrected chi connectivity index (χ0v) is 14.5. The number of anilines is 1. The minimum atomic E-state index is -3.96. The number of hydrogen-bond donors (Lipinski definition) is 2. The summed E-state index contributed by atoms with van der Waals surface area (Å²) in [5.41, 5.74) is 0.779. The van der Waals surface area contributed by atoms with E-state index in [-0.39, 0.29) is 12.1 Å². The van der Waals surface area contributed by atoms with Gasteiger partial charge in [-0.15, -0.1) is 0 Å². The van der Waals surface area contributed by atoms with Gasteiger partial charge in [0.2, 0.25) is 0 Å². The fourth-order valence-electron chi connectivity index (χ4n) is 3.36.